The second-order valence-corrected chi connectivity index (χ2v) is 7.14. The van der Waals surface area contributed by atoms with E-state index in [9.17, 15) is 4.79 Å². The predicted molar refractivity (Wildman–Crippen MR) is 87.1 cm³/mol. The van der Waals surface area contributed by atoms with Crippen molar-refractivity contribution in [3.05, 3.63) is 26.6 Å². The lowest BCUT2D eigenvalue weighted by Crippen LogP contribution is -2.41. The van der Waals surface area contributed by atoms with Gasteiger partial charge in [-0.15, -0.1) is 0 Å². The zero-order valence-electron chi connectivity index (χ0n) is 11.8. The molecule has 0 bridgehead atoms. The zero-order chi connectivity index (χ0) is 14.7. The van der Waals surface area contributed by atoms with Gasteiger partial charge in [-0.3, -0.25) is 4.79 Å². The van der Waals surface area contributed by atoms with Gasteiger partial charge >= 0.3 is 0 Å². The van der Waals surface area contributed by atoms with Gasteiger partial charge in [0.15, 0.2) is 6.61 Å². The molecule has 20 heavy (non-hydrogen) atoms. The van der Waals surface area contributed by atoms with Crippen molar-refractivity contribution in [1.29, 1.82) is 0 Å². The summed E-state index contributed by atoms with van der Waals surface area (Å²) in [5, 5.41) is 0. The van der Waals surface area contributed by atoms with Gasteiger partial charge in [0.25, 0.3) is 5.91 Å². The van der Waals surface area contributed by atoms with Crippen molar-refractivity contribution in [3.8, 4) is 5.75 Å². The fraction of sp³-hybridized carbons (Fsp3) is 0.533. The molecule has 1 amide bonds. The van der Waals surface area contributed by atoms with Crippen molar-refractivity contribution in [2.75, 3.05) is 19.7 Å². The van der Waals surface area contributed by atoms with E-state index in [-0.39, 0.29) is 12.5 Å². The molecule has 110 valence electrons. The Kier molecular flexibility index (Phi) is 5.49. The molecule has 0 N–H and O–H groups in total. The van der Waals surface area contributed by atoms with Crippen molar-refractivity contribution in [2.24, 2.45) is 5.92 Å². The molecule has 0 unspecified atom stereocenters. The number of halogens is 2. The number of likely N-dealkylation sites (tertiary alicyclic amines) is 1. The van der Waals surface area contributed by atoms with E-state index in [1.54, 1.807) is 0 Å². The number of carbonyl (C=O) groups excluding carboxylic acids is 1. The summed E-state index contributed by atoms with van der Waals surface area (Å²) in [6.07, 6.45) is 2.30. The van der Waals surface area contributed by atoms with E-state index >= 15 is 0 Å². The van der Waals surface area contributed by atoms with Gasteiger partial charge in [-0.2, -0.15) is 0 Å². The molecule has 1 heterocycles. The molecule has 3 nitrogen and oxygen atoms in total. The van der Waals surface area contributed by atoms with Gasteiger partial charge in [0.05, 0.1) is 8.95 Å². The van der Waals surface area contributed by atoms with E-state index in [2.05, 4.69) is 38.8 Å². The molecule has 2 rings (SSSR count). The van der Waals surface area contributed by atoms with Crippen LogP contribution in [0.5, 0.6) is 5.75 Å². The van der Waals surface area contributed by atoms with Gasteiger partial charge in [0, 0.05) is 13.1 Å². The summed E-state index contributed by atoms with van der Waals surface area (Å²) in [5.41, 5.74) is 1.13. The van der Waals surface area contributed by atoms with Crippen molar-refractivity contribution >= 4 is 37.8 Å². The summed E-state index contributed by atoms with van der Waals surface area (Å²) in [5.74, 6) is 1.34. The number of piperidine rings is 1. The number of rotatable bonds is 3. The van der Waals surface area contributed by atoms with Gasteiger partial charge in [-0.1, -0.05) is 6.92 Å². The van der Waals surface area contributed by atoms with Crippen LogP contribution in [0.25, 0.3) is 0 Å². The number of aryl methyl sites for hydroxylation is 1. The Hall–Kier alpha value is -0.550. The molecule has 1 aromatic carbocycles. The number of amides is 1. The first kappa shape index (κ1) is 15.8. The quantitative estimate of drug-likeness (QED) is 0.756. The molecule has 0 radical (unpaired) electrons. The van der Waals surface area contributed by atoms with E-state index < -0.39 is 0 Å². The van der Waals surface area contributed by atoms with E-state index in [1.807, 2.05) is 24.0 Å². The Balaban J connectivity index is 1.96. The van der Waals surface area contributed by atoms with Crippen LogP contribution < -0.4 is 4.74 Å². The van der Waals surface area contributed by atoms with Gasteiger partial charge in [-0.25, -0.2) is 0 Å². The molecule has 0 aliphatic carbocycles. The van der Waals surface area contributed by atoms with Crippen LogP contribution in [0.2, 0.25) is 0 Å². The number of ether oxygens (including phenoxy) is 1. The highest BCUT2D eigenvalue weighted by Crippen LogP contribution is 2.34. The number of hydrogen-bond acceptors (Lipinski definition) is 2. The fourth-order valence-corrected chi connectivity index (χ4v) is 4.11. The first-order valence-electron chi connectivity index (χ1n) is 6.83. The standard InChI is InChI=1S/C15H19Br2NO2/c1-10-4-3-5-18(8-10)14(19)9-20-15-12(16)6-11(2)7-13(15)17/h6-7,10H,3-5,8-9H2,1-2H3/t10-/m1/s1. The third-order valence-electron chi connectivity index (χ3n) is 3.49. The summed E-state index contributed by atoms with van der Waals surface area (Å²) in [7, 11) is 0. The third-order valence-corrected chi connectivity index (χ3v) is 4.67. The van der Waals surface area contributed by atoms with Crippen LogP contribution in [0.15, 0.2) is 21.1 Å². The highest BCUT2D eigenvalue weighted by atomic mass is 79.9. The Morgan fingerprint density at radius 2 is 2.05 bits per heavy atom. The minimum Gasteiger partial charge on any atom is -0.481 e. The summed E-state index contributed by atoms with van der Waals surface area (Å²) >= 11 is 6.95. The number of hydrogen-bond donors (Lipinski definition) is 0. The van der Waals surface area contributed by atoms with Crippen molar-refractivity contribution < 1.29 is 9.53 Å². The molecule has 0 saturated carbocycles. The molecule has 1 saturated heterocycles. The molecule has 1 aromatic rings. The Bertz CT molecular complexity index is 482. The van der Waals surface area contributed by atoms with E-state index in [0.29, 0.717) is 11.7 Å². The van der Waals surface area contributed by atoms with Crippen LogP contribution >= 0.6 is 31.9 Å². The summed E-state index contributed by atoms with van der Waals surface area (Å²) in [4.78, 5) is 14.1. The van der Waals surface area contributed by atoms with Gasteiger partial charge in [0.1, 0.15) is 5.75 Å². The second-order valence-electron chi connectivity index (χ2n) is 5.43. The SMILES string of the molecule is Cc1cc(Br)c(OCC(=O)N2CCC[C@@H](C)C2)c(Br)c1. The van der Waals surface area contributed by atoms with Crippen LogP contribution in [0.1, 0.15) is 25.3 Å². The van der Waals surface area contributed by atoms with Crippen molar-refractivity contribution in [3.63, 3.8) is 0 Å². The lowest BCUT2D eigenvalue weighted by molar-refractivity contribution is -0.135. The van der Waals surface area contributed by atoms with Crippen LogP contribution in [-0.2, 0) is 4.79 Å². The molecule has 1 atom stereocenters. The number of nitrogens with zero attached hydrogens (tertiary/aromatic N) is 1. The smallest absolute Gasteiger partial charge is 0.260 e. The lowest BCUT2D eigenvalue weighted by Gasteiger charge is -2.30. The third kappa shape index (κ3) is 3.98. The Morgan fingerprint density at radius 3 is 2.65 bits per heavy atom. The Labute approximate surface area is 136 Å². The van der Waals surface area contributed by atoms with Crippen LogP contribution in [0.3, 0.4) is 0 Å². The van der Waals surface area contributed by atoms with Crippen LogP contribution in [0.4, 0.5) is 0 Å². The molecular weight excluding hydrogens is 386 g/mol. The maximum atomic E-state index is 12.2. The highest BCUT2D eigenvalue weighted by Gasteiger charge is 2.21. The molecule has 1 fully saturated rings. The van der Waals surface area contributed by atoms with Crippen molar-refractivity contribution in [2.45, 2.75) is 26.7 Å². The average molecular weight is 405 g/mol. The first-order valence-corrected chi connectivity index (χ1v) is 8.42. The van der Waals surface area contributed by atoms with Crippen LogP contribution in [-0.4, -0.2) is 30.5 Å². The van der Waals surface area contributed by atoms with Crippen molar-refractivity contribution in [1.82, 2.24) is 4.90 Å². The molecule has 0 aromatic heterocycles. The topological polar surface area (TPSA) is 29.5 Å². The maximum absolute atomic E-state index is 12.2. The minimum atomic E-state index is 0.0657. The molecular formula is C15H19Br2NO2. The number of carbonyl (C=O) groups is 1. The molecule has 1 aliphatic heterocycles. The summed E-state index contributed by atoms with van der Waals surface area (Å²) in [6, 6.07) is 3.96. The second kappa shape index (κ2) is 6.94. The number of benzene rings is 1. The minimum absolute atomic E-state index is 0.0657. The first-order chi connectivity index (χ1) is 9.47. The largest absolute Gasteiger partial charge is 0.481 e. The average Bonchev–Trinajstić information content (AvgIpc) is 2.37. The lowest BCUT2D eigenvalue weighted by atomic mass is 10.0. The predicted octanol–water partition coefficient (Wildman–Crippen LogP) is 4.16. The highest BCUT2D eigenvalue weighted by molar-refractivity contribution is 9.11. The summed E-state index contributed by atoms with van der Waals surface area (Å²) in [6.45, 7) is 5.99. The van der Waals surface area contributed by atoms with Gasteiger partial charge in [0.2, 0.25) is 0 Å². The van der Waals surface area contributed by atoms with E-state index in [4.69, 9.17) is 4.74 Å². The molecule has 1 aliphatic rings. The monoisotopic (exact) mass is 403 g/mol. The van der Waals surface area contributed by atoms with Gasteiger partial charge in [-0.05, 0) is 75.2 Å². The maximum Gasteiger partial charge on any atom is 0.260 e. The zero-order valence-corrected chi connectivity index (χ0v) is 15.0. The summed E-state index contributed by atoms with van der Waals surface area (Å²) < 4.78 is 7.42. The van der Waals surface area contributed by atoms with E-state index in [0.717, 1.165) is 34.0 Å². The Morgan fingerprint density at radius 1 is 1.40 bits per heavy atom. The molecule has 0 spiro atoms. The van der Waals surface area contributed by atoms with E-state index in [1.165, 1.54) is 6.42 Å². The van der Waals surface area contributed by atoms with Gasteiger partial charge < -0.3 is 9.64 Å². The normalized spacial score (nSPS) is 19.0. The fourth-order valence-electron chi connectivity index (χ4n) is 2.47. The molecule has 5 heteroatoms. The van der Waals surface area contributed by atoms with Crippen LogP contribution in [0, 0.1) is 12.8 Å².